The molecule has 18 aromatic carbocycles. The standard InChI is InChI=1S/2C60H35N7/c1-62-52-35-47(51-36-50(38-16-4-2-5-17-38)63-60(64-51)39-18-6-3-7-19-39)40(37-61)32-59(52)67-57-30-28-41(65-53-24-12-8-20-43(53)44-21-9-13-25-54(44)65)33-48(57)49-34-42(29-31-58(49)67)66-55-26-14-10-22-45(55)46-23-11-15-27-56(46)66;61-36-40-31-44(32-41(37-62)59(40)52-35-51(38-15-3-1-4-16-38)63-60(64-52)39-17-5-2-6-18-39)67-57-29-27-42(65-53-23-11-7-19-45(53)46-20-8-12-24-54(46)65)33-49(57)50-34-43(28-30-58(50)67)66-55-25-13-9-21-47(55)48-22-10-14-26-56(48)66/h2-36H;1-35H. The average Bonchev–Trinajstić information content (AvgIpc) is 1.56. The summed E-state index contributed by atoms with van der Waals surface area (Å²) in [5.41, 5.74) is 26.7. The number of para-hydroxylation sites is 8. The average molecular weight is 1710 g/mol. The quantitative estimate of drug-likeness (QED) is 0.110. The molecule has 0 aliphatic rings. The van der Waals surface area contributed by atoms with E-state index in [1.807, 2.05) is 158 Å². The van der Waals surface area contributed by atoms with Gasteiger partial charge in [0.25, 0.3) is 0 Å². The summed E-state index contributed by atoms with van der Waals surface area (Å²) in [7, 11) is 0. The van der Waals surface area contributed by atoms with E-state index in [9.17, 15) is 15.8 Å². The number of rotatable bonds is 12. The first-order valence-electron chi connectivity index (χ1n) is 44.4. The topological polar surface area (TPSA) is 157 Å². The summed E-state index contributed by atoms with van der Waals surface area (Å²) in [5, 5.41) is 46.7. The van der Waals surface area contributed by atoms with Crippen molar-refractivity contribution < 1.29 is 0 Å². The highest BCUT2D eigenvalue weighted by Gasteiger charge is 2.28. The zero-order chi connectivity index (χ0) is 89.2. The molecular formula is C120H70N14. The Hall–Kier alpha value is -19.1. The molecule has 0 aliphatic heterocycles. The van der Waals surface area contributed by atoms with Crippen molar-refractivity contribution in [1.82, 2.24) is 47.3 Å². The molecule has 0 saturated heterocycles. The van der Waals surface area contributed by atoms with Crippen molar-refractivity contribution in [2.24, 2.45) is 0 Å². The summed E-state index contributed by atoms with van der Waals surface area (Å²) in [5.74, 6) is 1.05. The van der Waals surface area contributed by atoms with Crippen LogP contribution in [0.25, 0.3) is 238 Å². The van der Waals surface area contributed by atoms with Gasteiger partial charge in [-0.3, -0.25) is 0 Å². The molecule has 0 unspecified atom stereocenters. The molecule has 8 aromatic heterocycles. The van der Waals surface area contributed by atoms with Crippen molar-refractivity contribution in [2.45, 2.75) is 0 Å². The number of nitriles is 3. The van der Waals surface area contributed by atoms with Gasteiger partial charge in [-0.05, 0) is 158 Å². The lowest BCUT2D eigenvalue weighted by molar-refractivity contribution is 1.15. The van der Waals surface area contributed by atoms with Crippen LogP contribution in [0.1, 0.15) is 16.7 Å². The van der Waals surface area contributed by atoms with E-state index in [4.69, 9.17) is 26.5 Å². The minimum absolute atomic E-state index is 0.338. The fraction of sp³-hybridized carbons (Fsp3) is 0. The Labute approximate surface area is 767 Å². The highest BCUT2D eigenvalue weighted by molar-refractivity contribution is 6.17. The third-order valence-electron chi connectivity index (χ3n) is 26.2. The minimum Gasteiger partial charge on any atom is -0.319 e. The number of hydrogen-bond acceptors (Lipinski definition) is 7. The van der Waals surface area contributed by atoms with Crippen LogP contribution in [0.5, 0.6) is 0 Å². The van der Waals surface area contributed by atoms with Crippen LogP contribution in [-0.4, -0.2) is 47.3 Å². The van der Waals surface area contributed by atoms with Crippen molar-refractivity contribution in [3.05, 3.63) is 453 Å². The summed E-state index contributed by atoms with van der Waals surface area (Å²) in [6, 6.07) is 153. The normalized spacial score (nSPS) is 11.6. The first kappa shape index (κ1) is 77.2. The maximum Gasteiger partial charge on any atom is 0.211 e. The maximum atomic E-state index is 11.0. The zero-order valence-corrected chi connectivity index (χ0v) is 71.7. The van der Waals surface area contributed by atoms with Gasteiger partial charge in [-0.2, -0.15) is 15.8 Å². The van der Waals surface area contributed by atoms with Crippen LogP contribution in [0.4, 0.5) is 5.69 Å². The molecule has 134 heavy (non-hydrogen) atoms. The first-order chi connectivity index (χ1) is 66.3. The predicted octanol–water partition coefficient (Wildman–Crippen LogP) is 29.7. The van der Waals surface area contributed by atoms with E-state index >= 15 is 0 Å². The van der Waals surface area contributed by atoms with Crippen molar-refractivity contribution in [1.29, 1.82) is 15.8 Å². The summed E-state index contributed by atoms with van der Waals surface area (Å²) < 4.78 is 13.7. The summed E-state index contributed by atoms with van der Waals surface area (Å²) in [6.07, 6.45) is 0. The van der Waals surface area contributed by atoms with E-state index in [0.717, 1.165) is 138 Å². The number of aromatic nitrogens is 10. The van der Waals surface area contributed by atoms with Crippen LogP contribution in [0, 0.1) is 40.6 Å². The Morgan fingerprint density at radius 3 is 0.769 bits per heavy atom. The second-order valence-corrected chi connectivity index (χ2v) is 33.6. The Morgan fingerprint density at radius 1 is 0.209 bits per heavy atom. The second kappa shape index (κ2) is 31.4. The molecule has 0 aliphatic carbocycles. The van der Waals surface area contributed by atoms with Gasteiger partial charge < -0.3 is 27.4 Å². The third-order valence-corrected chi connectivity index (χ3v) is 26.2. The largest absolute Gasteiger partial charge is 0.319 e. The van der Waals surface area contributed by atoms with Crippen molar-refractivity contribution in [3.63, 3.8) is 0 Å². The molecule has 0 spiro atoms. The van der Waals surface area contributed by atoms with Gasteiger partial charge in [-0.1, -0.05) is 267 Å². The van der Waals surface area contributed by atoms with Crippen LogP contribution in [-0.2, 0) is 0 Å². The molecular weight excluding hydrogens is 1640 g/mol. The van der Waals surface area contributed by atoms with Crippen LogP contribution in [0.2, 0.25) is 0 Å². The zero-order valence-electron chi connectivity index (χ0n) is 71.7. The Balaban J connectivity index is 0.000000143. The molecule has 14 heteroatoms. The van der Waals surface area contributed by atoms with E-state index < -0.39 is 0 Å². The summed E-state index contributed by atoms with van der Waals surface area (Å²) >= 11 is 0. The minimum atomic E-state index is 0.338. The van der Waals surface area contributed by atoms with Crippen molar-refractivity contribution in [2.75, 3.05) is 0 Å². The lowest BCUT2D eigenvalue weighted by Crippen LogP contribution is -2.02. The van der Waals surface area contributed by atoms with Crippen molar-refractivity contribution >= 4 is 137 Å². The molecule has 26 rings (SSSR count). The summed E-state index contributed by atoms with van der Waals surface area (Å²) in [4.78, 5) is 24.2. The molecule has 620 valence electrons. The van der Waals surface area contributed by atoms with Crippen LogP contribution < -0.4 is 0 Å². The van der Waals surface area contributed by atoms with Crippen LogP contribution in [0.3, 0.4) is 0 Å². The Morgan fingerprint density at radius 2 is 0.463 bits per heavy atom. The van der Waals surface area contributed by atoms with E-state index in [0.29, 0.717) is 73.6 Å². The maximum absolute atomic E-state index is 11.0. The van der Waals surface area contributed by atoms with E-state index in [-0.39, 0.29) is 0 Å². The van der Waals surface area contributed by atoms with E-state index in [2.05, 4.69) is 317 Å². The first-order valence-corrected chi connectivity index (χ1v) is 44.4. The number of nitrogens with zero attached hydrogens (tertiary/aromatic N) is 14. The fourth-order valence-electron chi connectivity index (χ4n) is 20.4. The Bertz CT molecular complexity index is 8870. The lowest BCUT2D eigenvalue weighted by atomic mass is 9.96. The number of benzene rings is 18. The second-order valence-electron chi connectivity index (χ2n) is 33.6. The molecule has 26 aromatic rings. The fourth-order valence-corrected chi connectivity index (χ4v) is 20.4. The smallest absolute Gasteiger partial charge is 0.211 e. The van der Waals surface area contributed by atoms with Gasteiger partial charge in [0.05, 0.1) is 136 Å². The number of hydrogen-bond donors (Lipinski definition) is 0. The van der Waals surface area contributed by atoms with Crippen LogP contribution >= 0.6 is 0 Å². The third kappa shape index (κ3) is 12.5. The van der Waals surface area contributed by atoms with Gasteiger partial charge in [-0.15, -0.1) is 0 Å². The highest BCUT2D eigenvalue weighted by atomic mass is 15.0. The molecule has 0 N–H and O–H groups in total. The highest BCUT2D eigenvalue weighted by Crippen LogP contribution is 2.47. The van der Waals surface area contributed by atoms with E-state index in [1.165, 1.54) is 43.1 Å². The van der Waals surface area contributed by atoms with Gasteiger partial charge in [0.15, 0.2) is 11.6 Å². The van der Waals surface area contributed by atoms with Crippen LogP contribution in [0.15, 0.2) is 425 Å². The van der Waals surface area contributed by atoms with Gasteiger partial charge in [-0.25, -0.2) is 24.8 Å². The van der Waals surface area contributed by atoms with Gasteiger partial charge in [0.1, 0.15) is 0 Å². The van der Waals surface area contributed by atoms with E-state index in [1.54, 1.807) is 0 Å². The molecule has 0 fully saturated rings. The SMILES string of the molecule is N#Cc1cc(-n2c3ccc(-n4c5ccccc5c5ccccc54)cc3c3cc(-n4c5ccccc5c5ccccc54)ccc32)cc(C#N)c1-c1cc(-c2ccccc2)nc(-c2ccccc2)n1.[C-]#[N+]c1cc(-c2cc(-c3ccccc3)nc(-c3ccccc3)n2)c(C#N)cc1-n1c2ccc(-n3c4ccccc4c4ccccc43)cc2c2cc(-n3c4ccccc4c4ccccc43)ccc21. The van der Waals surface area contributed by atoms with Gasteiger partial charge in [0.2, 0.25) is 5.69 Å². The molecule has 0 amide bonds. The van der Waals surface area contributed by atoms with Gasteiger partial charge >= 0.3 is 0 Å². The molecule has 0 atom stereocenters. The summed E-state index contributed by atoms with van der Waals surface area (Å²) in [6.45, 7) is 8.70. The number of fused-ring (bicyclic) bond motifs is 18. The Kier molecular flexibility index (Phi) is 18.1. The van der Waals surface area contributed by atoms with Crippen molar-refractivity contribution in [3.8, 4) is 120 Å². The molecule has 8 heterocycles. The molecule has 0 saturated carbocycles. The van der Waals surface area contributed by atoms with Gasteiger partial charge in [0, 0.05) is 126 Å². The predicted molar refractivity (Wildman–Crippen MR) is 543 cm³/mol. The lowest BCUT2D eigenvalue weighted by Gasteiger charge is -2.15. The molecule has 0 bridgehead atoms. The molecule has 14 nitrogen and oxygen atoms in total. The molecule has 0 radical (unpaired) electrons. The monoisotopic (exact) mass is 1710 g/mol.